The Labute approximate surface area is 172 Å². The molecule has 1 aromatic carbocycles. The highest BCUT2D eigenvalue weighted by molar-refractivity contribution is 5.62. The van der Waals surface area contributed by atoms with Gasteiger partial charge in [0.1, 0.15) is 23.2 Å². The fraction of sp³-hybridized carbons (Fsp3) is 0.227. The minimum atomic E-state index is -0.292. The second-order valence-electron chi connectivity index (χ2n) is 7.46. The molecule has 5 rings (SSSR count). The van der Waals surface area contributed by atoms with E-state index in [0.717, 1.165) is 29.9 Å². The maximum atomic E-state index is 14.3. The first-order valence-corrected chi connectivity index (χ1v) is 9.83. The van der Waals surface area contributed by atoms with Crippen molar-refractivity contribution >= 4 is 5.82 Å². The molecule has 0 bridgehead atoms. The van der Waals surface area contributed by atoms with Gasteiger partial charge in [-0.25, -0.2) is 29.0 Å². The van der Waals surface area contributed by atoms with Crippen molar-refractivity contribution in [1.82, 2.24) is 29.7 Å². The largest absolute Gasteiger partial charge is 0.384 e. The van der Waals surface area contributed by atoms with E-state index in [9.17, 15) is 4.39 Å². The highest BCUT2D eigenvalue weighted by Gasteiger charge is 2.27. The zero-order chi connectivity index (χ0) is 20.7. The van der Waals surface area contributed by atoms with Crippen molar-refractivity contribution in [2.45, 2.75) is 32.2 Å². The quantitative estimate of drug-likeness (QED) is 0.547. The molecule has 0 aliphatic heterocycles. The van der Waals surface area contributed by atoms with Gasteiger partial charge in [-0.3, -0.25) is 0 Å². The number of hydrogen-bond acceptors (Lipinski definition) is 6. The first-order valence-electron chi connectivity index (χ1n) is 9.83. The molecule has 150 valence electrons. The zero-order valence-electron chi connectivity index (χ0n) is 16.5. The first kappa shape index (κ1) is 18.4. The van der Waals surface area contributed by atoms with Crippen molar-refractivity contribution in [3.8, 4) is 22.9 Å². The molecule has 8 heteroatoms. The van der Waals surface area contributed by atoms with E-state index in [1.54, 1.807) is 47.3 Å². The monoisotopic (exact) mass is 401 g/mol. The van der Waals surface area contributed by atoms with E-state index in [1.807, 2.05) is 6.92 Å². The topological polar surface area (TPSA) is 95.4 Å². The van der Waals surface area contributed by atoms with Gasteiger partial charge in [-0.15, -0.1) is 5.10 Å². The molecule has 0 unspecified atom stereocenters. The van der Waals surface area contributed by atoms with Gasteiger partial charge in [0.2, 0.25) is 0 Å². The van der Waals surface area contributed by atoms with Crippen molar-refractivity contribution in [3.05, 3.63) is 71.6 Å². The molecule has 30 heavy (non-hydrogen) atoms. The van der Waals surface area contributed by atoms with Crippen molar-refractivity contribution in [1.29, 1.82) is 0 Å². The number of pyridine rings is 1. The average Bonchev–Trinajstić information content (AvgIpc) is 3.51. The molecule has 4 aromatic rings. The highest BCUT2D eigenvalue weighted by Crippen LogP contribution is 2.38. The van der Waals surface area contributed by atoms with Crippen LogP contribution in [0.3, 0.4) is 0 Å². The van der Waals surface area contributed by atoms with Crippen LogP contribution in [-0.4, -0.2) is 29.7 Å². The van der Waals surface area contributed by atoms with E-state index >= 15 is 0 Å². The van der Waals surface area contributed by atoms with E-state index in [0.29, 0.717) is 34.6 Å². The van der Waals surface area contributed by atoms with Crippen molar-refractivity contribution in [3.63, 3.8) is 0 Å². The van der Waals surface area contributed by atoms with Gasteiger partial charge in [-0.1, -0.05) is 24.3 Å². The van der Waals surface area contributed by atoms with Crippen LogP contribution in [0.25, 0.3) is 22.9 Å². The molecule has 1 fully saturated rings. The summed E-state index contributed by atoms with van der Waals surface area (Å²) in [6.45, 7) is 2.16. The number of anilines is 1. The fourth-order valence-corrected chi connectivity index (χ4v) is 3.37. The molecule has 0 atom stereocenters. The third-order valence-corrected chi connectivity index (χ3v) is 5.13. The van der Waals surface area contributed by atoms with Gasteiger partial charge < -0.3 is 5.73 Å². The van der Waals surface area contributed by atoms with Crippen LogP contribution in [0.15, 0.2) is 48.7 Å². The minimum Gasteiger partial charge on any atom is -0.384 e. The molecule has 2 N–H and O–H groups in total. The number of nitrogens with two attached hydrogens (primary N) is 1. The van der Waals surface area contributed by atoms with Crippen molar-refractivity contribution in [2.75, 3.05) is 5.73 Å². The lowest BCUT2D eigenvalue weighted by molar-refractivity contribution is 0.587. The van der Waals surface area contributed by atoms with Crippen LogP contribution in [0.1, 0.15) is 35.8 Å². The maximum Gasteiger partial charge on any atom is 0.200 e. The number of aromatic nitrogens is 6. The molecule has 0 saturated heterocycles. The Balaban J connectivity index is 1.61. The summed E-state index contributed by atoms with van der Waals surface area (Å²) in [7, 11) is 0. The van der Waals surface area contributed by atoms with Crippen LogP contribution in [0.5, 0.6) is 0 Å². The number of nitrogen functional groups attached to an aromatic ring is 1. The minimum absolute atomic E-state index is 0.223. The lowest BCUT2D eigenvalue weighted by Crippen LogP contribution is -2.08. The molecular weight excluding hydrogens is 381 g/mol. The zero-order valence-corrected chi connectivity index (χ0v) is 16.5. The molecule has 0 radical (unpaired) electrons. The summed E-state index contributed by atoms with van der Waals surface area (Å²) < 4.78 is 16.0. The van der Waals surface area contributed by atoms with Gasteiger partial charge in [0, 0.05) is 17.7 Å². The molecule has 1 saturated carbocycles. The number of hydrogen-bond donors (Lipinski definition) is 1. The molecule has 1 aliphatic rings. The second-order valence-corrected chi connectivity index (χ2v) is 7.46. The molecule has 0 amide bonds. The van der Waals surface area contributed by atoms with Gasteiger partial charge >= 0.3 is 0 Å². The Morgan fingerprint density at radius 1 is 1.07 bits per heavy atom. The van der Waals surface area contributed by atoms with Crippen LogP contribution in [-0.2, 0) is 6.54 Å². The number of aryl methyl sites for hydroxylation is 1. The van der Waals surface area contributed by atoms with Crippen LogP contribution in [0.4, 0.5) is 10.2 Å². The van der Waals surface area contributed by atoms with E-state index in [2.05, 4.69) is 20.1 Å². The highest BCUT2D eigenvalue weighted by atomic mass is 19.1. The molecular formula is C22H20FN7. The predicted octanol–water partition coefficient (Wildman–Crippen LogP) is 3.75. The molecule has 3 aromatic heterocycles. The van der Waals surface area contributed by atoms with E-state index < -0.39 is 0 Å². The van der Waals surface area contributed by atoms with Gasteiger partial charge in [-0.2, -0.15) is 0 Å². The van der Waals surface area contributed by atoms with Gasteiger partial charge in [0.05, 0.1) is 17.8 Å². The maximum absolute atomic E-state index is 14.3. The van der Waals surface area contributed by atoms with E-state index in [1.165, 1.54) is 6.07 Å². The molecule has 1 aliphatic carbocycles. The number of nitrogens with zero attached hydrogens (tertiary/aromatic N) is 6. The normalized spacial score (nSPS) is 13.5. The van der Waals surface area contributed by atoms with Crippen LogP contribution < -0.4 is 5.73 Å². The molecule has 3 heterocycles. The van der Waals surface area contributed by atoms with E-state index in [-0.39, 0.29) is 12.4 Å². The first-order chi connectivity index (χ1) is 14.6. The summed E-state index contributed by atoms with van der Waals surface area (Å²) in [6, 6.07) is 11.9. The lowest BCUT2D eigenvalue weighted by Gasteiger charge is -2.09. The third-order valence-electron chi connectivity index (χ3n) is 5.13. The van der Waals surface area contributed by atoms with Crippen LogP contribution in [0.2, 0.25) is 0 Å². The summed E-state index contributed by atoms with van der Waals surface area (Å²) in [5.74, 6) is 2.40. The Hall–Kier alpha value is -3.68. The summed E-state index contributed by atoms with van der Waals surface area (Å²) in [4.78, 5) is 18.2. The van der Waals surface area contributed by atoms with E-state index in [4.69, 9.17) is 10.7 Å². The Bertz CT molecular complexity index is 1230. The second kappa shape index (κ2) is 7.29. The van der Waals surface area contributed by atoms with Gasteiger partial charge in [-0.05, 0) is 38.0 Å². The summed E-state index contributed by atoms with van der Waals surface area (Å²) in [5.41, 5.74) is 8.48. The number of halogens is 1. The van der Waals surface area contributed by atoms with Crippen LogP contribution in [0, 0.1) is 12.7 Å². The lowest BCUT2D eigenvalue weighted by atomic mass is 10.2. The predicted molar refractivity (Wildman–Crippen MR) is 111 cm³/mol. The summed E-state index contributed by atoms with van der Waals surface area (Å²) >= 11 is 0. The SMILES string of the molecule is Cc1nc(C2CC2)ncc1-c1nc(-c2cccc(N)n2)nn1Cc1ccccc1F. The smallest absolute Gasteiger partial charge is 0.200 e. The summed E-state index contributed by atoms with van der Waals surface area (Å²) in [5, 5.41) is 4.61. The Morgan fingerprint density at radius 3 is 2.63 bits per heavy atom. The fourth-order valence-electron chi connectivity index (χ4n) is 3.37. The standard InChI is InChI=1S/C22H20FN7/c1-13-16(11-25-20(26-13)14-9-10-14)22-28-21(18-7-4-8-19(24)27-18)29-30(22)12-15-5-2-3-6-17(15)23/h2-8,11,14H,9-10,12H2,1H3,(H2,24,27). The number of benzene rings is 1. The molecule has 0 spiro atoms. The average molecular weight is 401 g/mol. The Kier molecular flexibility index (Phi) is 4.46. The van der Waals surface area contributed by atoms with Crippen molar-refractivity contribution < 1.29 is 4.39 Å². The Morgan fingerprint density at radius 2 is 1.90 bits per heavy atom. The third kappa shape index (κ3) is 3.52. The van der Waals surface area contributed by atoms with Crippen molar-refractivity contribution in [2.24, 2.45) is 0 Å². The number of rotatable bonds is 5. The van der Waals surface area contributed by atoms with Crippen LogP contribution >= 0.6 is 0 Å². The van der Waals surface area contributed by atoms with Gasteiger partial charge in [0.15, 0.2) is 11.6 Å². The summed E-state index contributed by atoms with van der Waals surface area (Å²) in [6.07, 6.45) is 4.05. The van der Waals surface area contributed by atoms with Gasteiger partial charge in [0.25, 0.3) is 0 Å². The molecule has 7 nitrogen and oxygen atoms in total.